The molecule has 0 saturated heterocycles. The molecule has 0 spiro atoms. The van der Waals surface area contributed by atoms with Gasteiger partial charge in [0, 0.05) is 5.02 Å². The lowest BCUT2D eigenvalue weighted by Crippen LogP contribution is -2.33. The van der Waals surface area contributed by atoms with E-state index in [4.69, 9.17) is 16.3 Å². The molecule has 0 radical (unpaired) electrons. The highest BCUT2D eigenvalue weighted by Gasteiger charge is 2.15. The number of H-pyrrole nitrogens is 1. The lowest BCUT2D eigenvalue weighted by molar-refractivity contribution is 0.479. The van der Waals surface area contributed by atoms with Gasteiger partial charge in [-0.05, 0) is 42.5 Å². The molecule has 0 aliphatic carbocycles. The van der Waals surface area contributed by atoms with E-state index in [0.717, 1.165) is 4.57 Å². The molecule has 1 heterocycles. The quantitative estimate of drug-likeness (QED) is 0.594. The first-order valence-electron chi connectivity index (χ1n) is 7.90. The SMILES string of the molecule is O=c1[nH]c2ccccc2c(=O)n1-c1cc(Cl)ccc1Oc1ccccc1. The second-order valence-electron chi connectivity index (χ2n) is 5.64. The van der Waals surface area contributed by atoms with Crippen LogP contribution in [-0.2, 0) is 0 Å². The summed E-state index contributed by atoms with van der Waals surface area (Å²) in [5, 5.41) is 0.789. The molecule has 1 N–H and O–H groups in total. The van der Waals surface area contributed by atoms with E-state index in [-0.39, 0.29) is 5.69 Å². The van der Waals surface area contributed by atoms with Crippen LogP contribution in [0.3, 0.4) is 0 Å². The van der Waals surface area contributed by atoms with Gasteiger partial charge in [0.1, 0.15) is 5.75 Å². The second kappa shape index (κ2) is 6.54. The largest absolute Gasteiger partial charge is 0.455 e. The van der Waals surface area contributed by atoms with Crippen LogP contribution in [0, 0.1) is 0 Å². The molecule has 26 heavy (non-hydrogen) atoms. The van der Waals surface area contributed by atoms with Crippen molar-refractivity contribution < 1.29 is 4.74 Å². The molecule has 0 aliphatic heterocycles. The van der Waals surface area contributed by atoms with E-state index in [1.54, 1.807) is 48.5 Å². The predicted molar refractivity (Wildman–Crippen MR) is 102 cm³/mol. The lowest BCUT2D eigenvalue weighted by atomic mass is 10.2. The average molecular weight is 365 g/mol. The van der Waals surface area contributed by atoms with Crippen LogP contribution in [0.2, 0.25) is 5.02 Å². The number of para-hydroxylation sites is 2. The summed E-state index contributed by atoms with van der Waals surface area (Å²) in [5.41, 5.74) is -0.247. The highest BCUT2D eigenvalue weighted by atomic mass is 35.5. The van der Waals surface area contributed by atoms with Gasteiger partial charge >= 0.3 is 5.69 Å². The van der Waals surface area contributed by atoms with Crippen LogP contribution in [-0.4, -0.2) is 9.55 Å². The number of fused-ring (bicyclic) bond motifs is 1. The van der Waals surface area contributed by atoms with Crippen LogP contribution in [0.4, 0.5) is 0 Å². The van der Waals surface area contributed by atoms with Crippen molar-refractivity contribution in [1.82, 2.24) is 9.55 Å². The second-order valence-corrected chi connectivity index (χ2v) is 6.08. The van der Waals surface area contributed by atoms with Crippen molar-refractivity contribution in [3.8, 4) is 17.2 Å². The van der Waals surface area contributed by atoms with E-state index in [0.29, 0.717) is 27.4 Å². The Hall–Kier alpha value is -3.31. The van der Waals surface area contributed by atoms with E-state index in [1.165, 1.54) is 6.07 Å². The first-order valence-corrected chi connectivity index (χ1v) is 8.28. The highest BCUT2D eigenvalue weighted by Crippen LogP contribution is 2.29. The molecule has 4 aromatic rings. The summed E-state index contributed by atoms with van der Waals surface area (Å²) in [5.74, 6) is 0.935. The van der Waals surface area contributed by atoms with E-state index in [9.17, 15) is 9.59 Å². The van der Waals surface area contributed by atoms with Crippen LogP contribution in [0.25, 0.3) is 16.6 Å². The molecule has 0 atom stereocenters. The molecule has 0 bridgehead atoms. The monoisotopic (exact) mass is 364 g/mol. The predicted octanol–water partition coefficient (Wildman–Crippen LogP) is 4.12. The third-order valence-electron chi connectivity index (χ3n) is 3.94. The van der Waals surface area contributed by atoms with Crippen molar-refractivity contribution in [3.63, 3.8) is 0 Å². The summed E-state index contributed by atoms with van der Waals surface area (Å²) in [6, 6.07) is 20.7. The third-order valence-corrected chi connectivity index (χ3v) is 4.17. The molecule has 1 aromatic heterocycles. The van der Waals surface area contributed by atoms with Gasteiger partial charge in [0.25, 0.3) is 5.56 Å². The molecule has 4 rings (SSSR count). The van der Waals surface area contributed by atoms with Crippen molar-refractivity contribution in [2.45, 2.75) is 0 Å². The molecule has 5 nitrogen and oxygen atoms in total. The van der Waals surface area contributed by atoms with Gasteiger partial charge in [-0.3, -0.25) is 4.79 Å². The Kier molecular flexibility index (Phi) is 4.07. The first-order chi connectivity index (χ1) is 12.6. The summed E-state index contributed by atoms with van der Waals surface area (Å²) in [4.78, 5) is 28.2. The fourth-order valence-electron chi connectivity index (χ4n) is 2.75. The van der Waals surface area contributed by atoms with Crippen LogP contribution in [0.1, 0.15) is 0 Å². The third kappa shape index (κ3) is 2.89. The minimum atomic E-state index is -0.561. The normalized spacial score (nSPS) is 10.8. The van der Waals surface area contributed by atoms with Gasteiger partial charge < -0.3 is 9.72 Å². The Balaban J connectivity index is 1.96. The number of nitrogens with zero attached hydrogens (tertiary/aromatic N) is 1. The number of rotatable bonds is 3. The molecule has 0 unspecified atom stereocenters. The molecule has 0 amide bonds. The van der Waals surface area contributed by atoms with Crippen molar-refractivity contribution in [2.24, 2.45) is 0 Å². The summed E-state index contributed by atoms with van der Waals surface area (Å²) in [7, 11) is 0. The van der Waals surface area contributed by atoms with Crippen LogP contribution >= 0.6 is 11.6 Å². The Morgan fingerprint density at radius 1 is 0.885 bits per heavy atom. The van der Waals surface area contributed by atoms with Gasteiger partial charge in [0.05, 0.1) is 16.6 Å². The number of hydrogen-bond acceptors (Lipinski definition) is 3. The minimum Gasteiger partial charge on any atom is -0.455 e. The topological polar surface area (TPSA) is 64.1 Å². The number of hydrogen-bond donors (Lipinski definition) is 1. The Morgan fingerprint density at radius 3 is 2.42 bits per heavy atom. The Bertz CT molecular complexity index is 1210. The maximum atomic E-state index is 12.9. The van der Waals surface area contributed by atoms with Gasteiger partial charge in [-0.15, -0.1) is 0 Å². The molecule has 0 saturated carbocycles. The summed E-state index contributed by atoms with van der Waals surface area (Å²) >= 11 is 6.11. The zero-order chi connectivity index (χ0) is 18.1. The van der Waals surface area contributed by atoms with Crippen molar-refractivity contribution in [1.29, 1.82) is 0 Å². The van der Waals surface area contributed by atoms with E-state index in [2.05, 4.69) is 4.98 Å². The summed E-state index contributed by atoms with van der Waals surface area (Å²) in [6.45, 7) is 0. The molecule has 6 heteroatoms. The maximum absolute atomic E-state index is 12.9. The number of benzene rings is 3. The molecule has 3 aromatic carbocycles. The minimum absolute atomic E-state index is 0.276. The zero-order valence-electron chi connectivity index (χ0n) is 13.5. The number of aromatic amines is 1. The van der Waals surface area contributed by atoms with Gasteiger partial charge in [0.2, 0.25) is 0 Å². The van der Waals surface area contributed by atoms with Crippen LogP contribution in [0.15, 0.2) is 82.4 Å². The van der Waals surface area contributed by atoms with E-state index >= 15 is 0 Å². The van der Waals surface area contributed by atoms with Gasteiger partial charge in [0.15, 0.2) is 5.75 Å². The van der Waals surface area contributed by atoms with Crippen LogP contribution < -0.4 is 16.0 Å². The van der Waals surface area contributed by atoms with Crippen molar-refractivity contribution >= 4 is 22.5 Å². The Morgan fingerprint density at radius 2 is 1.62 bits per heavy atom. The molecule has 0 aliphatic rings. The fourth-order valence-corrected chi connectivity index (χ4v) is 2.91. The van der Waals surface area contributed by atoms with Gasteiger partial charge in [-0.1, -0.05) is 41.9 Å². The number of halogens is 1. The summed E-state index contributed by atoms with van der Waals surface area (Å²) in [6.07, 6.45) is 0. The molecular formula is C20H13ClN2O3. The molecule has 0 fully saturated rings. The lowest BCUT2D eigenvalue weighted by Gasteiger charge is -2.13. The van der Waals surface area contributed by atoms with E-state index < -0.39 is 11.2 Å². The van der Waals surface area contributed by atoms with Gasteiger partial charge in [-0.2, -0.15) is 0 Å². The highest BCUT2D eigenvalue weighted by molar-refractivity contribution is 6.30. The standard InChI is InChI=1S/C20H13ClN2O3/c21-13-10-11-18(26-14-6-2-1-3-7-14)17(12-13)23-19(24)15-8-4-5-9-16(15)22-20(23)25/h1-12H,(H,22,25). The number of aromatic nitrogens is 2. The molecule has 128 valence electrons. The maximum Gasteiger partial charge on any atom is 0.333 e. The number of nitrogens with one attached hydrogen (secondary N) is 1. The zero-order valence-corrected chi connectivity index (χ0v) is 14.2. The average Bonchev–Trinajstić information content (AvgIpc) is 2.65. The van der Waals surface area contributed by atoms with E-state index in [1.807, 2.05) is 18.2 Å². The van der Waals surface area contributed by atoms with Crippen molar-refractivity contribution in [3.05, 3.63) is 98.7 Å². The Labute approximate surface area is 153 Å². The number of ether oxygens (including phenoxy) is 1. The van der Waals surface area contributed by atoms with Crippen LogP contribution in [0.5, 0.6) is 11.5 Å². The summed E-state index contributed by atoms with van der Waals surface area (Å²) < 4.78 is 6.90. The fraction of sp³-hybridized carbons (Fsp3) is 0. The van der Waals surface area contributed by atoms with Crippen molar-refractivity contribution in [2.75, 3.05) is 0 Å². The van der Waals surface area contributed by atoms with Gasteiger partial charge in [-0.25, -0.2) is 9.36 Å². The smallest absolute Gasteiger partial charge is 0.333 e. The molecular weight excluding hydrogens is 352 g/mol. The first kappa shape index (κ1) is 16.2.